The molecule has 6 rings (SSSR count). The quantitative estimate of drug-likeness (QED) is 0.283. The van der Waals surface area contributed by atoms with Crippen LogP contribution in [-0.2, 0) is 21.2 Å². The molecule has 1 aliphatic carbocycles. The van der Waals surface area contributed by atoms with Crippen molar-refractivity contribution in [2.24, 2.45) is 29.1 Å². The number of piperidine rings is 1. The maximum absolute atomic E-state index is 13.8. The van der Waals surface area contributed by atoms with Crippen molar-refractivity contribution in [3.05, 3.63) is 65.7 Å². The second-order valence-corrected chi connectivity index (χ2v) is 18.3. The standard InChI is InChI=1S/C40H54N4O5S/c1-26(2)19-29-25-48-36-22-35(33-14-9-8-13-32(33)27(3)4)41-37(42-36)43-50(46,47)31-12-10-11-28(20-31)21-34(29)30-23-40(24-30)15-17-44(18-16-40)38(45)49-39(5,6)7/h8-14,20,22,26-27,29-30,34H,15-19,21,23-25H2,1-7H3,(H,41,42,43)/t29-,34?/m1/s1. The maximum Gasteiger partial charge on any atom is 0.410 e. The van der Waals surface area contributed by atoms with Crippen molar-refractivity contribution in [1.29, 1.82) is 0 Å². The predicted molar refractivity (Wildman–Crippen MR) is 197 cm³/mol. The van der Waals surface area contributed by atoms with Crippen molar-refractivity contribution < 1.29 is 22.7 Å². The minimum Gasteiger partial charge on any atom is -0.477 e. The molecule has 3 aromatic rings. The van der Waals surface area contributed by atoms with Crippen molar-refractivity contribution in [2.45, 2.75) is 103 Å². The third-order valence-electron chi connectivity index (χ3n) is 10.8. The number of anilines is 1. The van der Waals surface area contributed by atoms with Crippen LogP contribution in [0.3, 0.4) is 0 Å². The van der Waals surface area contributed by atoms with Crippen molar-refractivity contribution in [3.63, 3.8) is 0 Å². The summed E-state index contributed by atoms with van der Waals surface area (Å²) < 4.78 is 42.4. The van der Waals surface area contributed by atoms with E-state index in [-0.39, 0.29) is 34.2 Å². The molecular weight excluding hydrogens is 649 g/mol. The molecular formula is C40H54N4O5S. The maximum atomic E-state index is 13.8. The second kappa shape index (κ2) is 14.2. The third kappa shape index (κ3) is 8.27. The number of nitrogens with zero attached hydrogens (tertiary/aromatic N) is 3. The SMILES string of the molecule is CC(C)C[C@@H]1COc2cc(-c3ccccc3C(C)C)nc(n2)NS(=O)(=O)c2cccc(c2)CC1C1CC2(CCN(C(=O)OC(C)(C)C)CC2)C1. The largest absolute Gasteiger partial charge is 0.477 e. The molecule has 1 saturated heterocycles. The third-order valence-corrected chi connectivity index (χ3v) is 12.1. The number of carbonyl (C=O) groups excluding carboxylic acids is 1. The van der Waals surface area contributed by atoms with Gasteiger partial charge in [-0.3, -0.25) is 0 Å². The number of nitrogens with one attached hydrogen (secondary N) is 1. The van der Waals surface area contributed by atoms with E-state index in [1.165, 1.54) is 0 Å². The fourth-order valence-corrected chi connectivity index (χ4v) is 9.36. The first kappa shape index (κ1) is 36.1. The van der Waals surface area contributed by atoms with Crippen LogP contribution in [0.4, 0.5) is 10.7 Å². The Labute approximate surface area is 298 Å². The van der Waals surface area contributed by atoms with Gasteiger partial charge < -0.3 is 14.4 Å². The summed E-state index contributed by atoms with van der Waals surface area (Å²) in [4.78, 5) is 24.1. The van der Waals surface area contributed by atoms with E-state index in [1.807, 2.05) is 68.1 Å². The Kier molecular flexibility index (Phi) is 10.2. The summed E-state index contributed by atoms with van der Waals surface area (Å²) in [5.74, 6) is 2.05. The summed E-state index contributed by atoms with van der Waals surface area (Å²) >= 11 is 0. The van der Waals surface area contributed by atoms with Gasteiger partial charge in [0.1, 0.15) is 5.60 Å². The molecule has 3 aliphatic rings. The molecule has 1 spiro atoms. The van der Waals surface area contributed by atoms with E-state index in [0.29, 0.717) is 35.9 Å². The lowest BCUT2D eigenvalue weighted by atomic mass is 9.52. The van der Waals surface area contributed by atoms with Crippen molar-refractivity contribution in [3.8, 4) is 17.1 Å². The Morgan fingerprint density at radius 1 is 1.02 bits per heavy atom. The minimum atomic E-state index is -3.97. The Morgan fingerprint density at radius 3 is 2.42 bits per heavy atom. The Bertz CT molecular complexity index is 1790. The number of rotatable bonds is 5. The number of hydrogen-bond acceptors (Lipinski definition) is 7. The van der Waals surface area contributed by atoms with Crippen LogP contribution in [0.15, 0.2) is 59.5 Å². The zero-order valence-corrected chi connectivity index (χ0v) is 31.6. The van der Waals surface area contributed by atoms with E-state index in [9.17, 15) is 13.2 Å². The highest BCUT2D eigenvalue weighted by molar-refractivity contribution is 7.92. The van der Waals surface area contributed by atoms with Crippen LogP contribution >= 0.6 is 0 Å². The lowest BCUT2D eigenvalue weighted by Gasteiger charge is -2.55. The van der Waals surface area contributed by atoms with Crippen LogP contribution in [-0.4, -0.2) is 54.7 Å². The van der Waals surface area contributed by atoms with Gasteiger partial charge in [-0.2, -0.15) is 4.98 Å². The molecule has 1 saturated carbocycles. The lowest BCUT2D eigenvalue weighted by molar-refractivity contribution is -0.0583. The molecule has 1 aromatic heterocycles. The van der Waals surface area contributed by atoms with Gasteiger partial charge in [0, 0.05) is 24.7 Å². The molecule has 50 heavy (non-hydrogen) atoms. The summed E-state index contributed by atoms with van der Waals surface area (Å²) in [5.41, 5.74) is 3.39. The van der Waals surface area contributed by atoms with E-state index in [1.54, 1.807) is 6.07 Å². The Hall–Kier alpha value is -3.66. The number of benzene rings is 2. The number of sulfonamides is 1. The molecule has 0 radical (unpaired) electrons. The first-order valence-electron chi connectivity index (χ1n) is 18.3. The van der Waals surface area contributed by atoms with E-state index in [4.69, 9.17) is 14.5 Å². The Morgan fingerprint density at radius 2 is 1.74 bits per heavy atom. The van der Waals surface area contributed by atoms with Crippen molar-refractivity contribution >= 4 is 22.1 Å². The molecule has 1 amide bonds. The van der Waals surface area contributed by atoms with Crippen molar-refractivity contribution in [1.82, 2.24) is 14.9 Å². The zero-order chi connectivity index (χ0) is 35.8. The van der Waals surface area contributed by atoms with Gasteiger partial charge in [-0.25, -0.2) is 22.9 Å². The summed E-state index contributed by atoms with van der Waals surface area (Å²) in [6.45, 7) is 16.4. The Balaban J connectivity index is 1.31. The molecule has 4 bridgehead atoms. The highest BCUT2D eigenvalue weighted by atomic mass is 32.2. The monoisotopic (exact) mass is 702 g/mol. The van der Waals surface area contributed by atoms with E-state index < -0.39 is 15.6 Å². The first-order chi connectivity index (χ1) is 23.6. The van der Waals surface area contributed by atoms with Gasteiger partial charge in [0.05, 0.1) is 17.2 Å². The smallest absolute Gasteiger partial charge is 0.410 e. The zero-order valence-electron chi connectivity index (χ0n) is 30.7. The van der Waals surface area contributed by atoms with E-state index >= 15 is 0 Å². The summed E-state index contributed by atoms with van der Waals surface area (Å²) in [6.07, 6.45) is 5.68. The van der Waals surface area contributed by atoms with Gasteiger partial charge in [0.25, 0.3) is 10.0 Å². The highest BCUT2D eigenvalue weighted by Crippen LogP contribution is 2.57. The van der Waals surface area contributed by atoms with Gasteiger partial charge in [-0.1, -0.05) is 64.1 Å². The average molecular weight is 703 g/mol. The summed E-state index contributed by atoms with van der Waals surface area (Å²) in [6, 6.07) is 17.3. The molecule has 270 valence electrons. The number of amides is 1. The molecule has 2 aromatic carbocycles. The number of hydrogen-bond donors (Lipinski definition) is 1. The minimum absolute atomic E-state index is 0.00340. The summed E-state index contributed by atoms with van der Waals surface area (Å²) in [5, 5.41) is 0. The molecule has 3 heterocycles. The fraction of sp³-hybridized carbons (Fsp3) is 0.575. The van der Waals surface area contributed by atoms with Crippen LogP contribution in [0.2, 0.25) is 0 Å². The number of likely N-dealkylation sites (tertiary alicyclic amines) is 1. The topological polar surface area (TPSA) is 111 Å². The molecule has 2 fully saturated rings. The van der Waals surface area contributed by atoms with Crippen molar-refractivity contribution in [2.75, 3.05) is 24.4 Å². The normalized spacial score (nSPS) is 22.1. The molecule has 1 N–H and O–H groups in total. The van der Waals surface area contributed by atoms with Crippen LogP contribution in [0, 0.1) is 29.1 Å². The molecule has 2 atom stereocenters. The predicted octanol–water partition coefficient (Wildman–Crippen LogP) is 8.71. The average Bonchev–Trinajstić information content (AvgIpc) is 3.03. The second-order valence-electron chi connectivity index (χ2n) is 16.6. The number of ether oxygens (including phenoxy) is 2. The summed E-state index contributed by atoms with van der Waals surface area (Å²) in [7, 11) is -3.97. The lowest BCUT2D eigenvalue weighted by Crippen LogP contribution is -2.52. The van der Waals surface area contributed by atoms with Crippen LogP contribution < -0.4 is 9.46 Å². The van der Waals surface area contributed by atoms with E-state index in [2.05, 4.69) is 43.5 Å². The van der Waals surface area contributed by atoms with Gasteiger partial charge in [0.15, 0.2) is 0 Å². The number of carbonyl (C=O) groups is 1. The van der Waals surface area contributed by atoms with E-state index in [0.717, 1.165) is 68.3 Å². The van der Waals surface area contributed by atoms with Crippen LogP contribution in [0.1, 0.15) is 97.6 Å². The highest BCUT2D eigenvalue weighted by Gasteiger charge is 2.50. The molecule has 1 unspecified atom stereocenters. The number of aromatic nitrogens is 2. The first-order valence-corrected chi connectivity index (χ1v) is 19.8. The van der Waals surface area contributed by atoms with Crippen LogP contribution in [0.25, 0.3) is 11.3 Å². The van der Waals surface area contributed by atoms with Gasteiger partial charge in [0.2, 0.25) is 11.8 Å². The van der Waals surface area contributed by atoms with Gasteiger partial charge in [-0.05, 0) is 118 Å². The van der Waals surface area contributed by atoms with Crippen LogP contribution in [0.5, 0.6) is 5.88 Å². The fourth-order valence-electron chi connectivity index (χ4n) is 8.34. The van der Waals surface area contributed by atoms with Gasteiger partial charge >= 0.3 is 6.09 Å². The molecule has 2 aliphatic heterocycles. The number of fused-ring (bicyclic) bond motifs is 4. The molecule has 10 heteroatoms. The molecule has 9 nitrogen and oxygen atoms in total. The van der Waals surface area contributed by atoms with Gasteiger partial charge in [-0.15, -0.1) is 0 Å².